The van der Waals surface area contributed by atoms with E-state index in [0.717, 1.165) is 0 Å². The van der Waals surface area contributed by atoms with Gasteiger partial charge in [-0.05, 0) is 29.6 Å². The van der Waals surface area contributed by atoms with Gasteiger partial charge in [0.15, 0.2) is 0 Å². The van der Waals surface area contributed by atoms with Crippen LogP contribution in [-0.4, -0.2) is 7.85 Å². The minimum absolute atomic E-state index is 0.0689. The Morgan fingerprint density at radius 2 is 1.00 bits per heavy atom. The third kappa shape index (κ3) is 7.93. The molecule has 0 fully saturated rings. The quantitative estimate of drug-likeness (QED) is 0.582. The second kappa shape index (κ2) is 4.51. The van der Waals surface area contributed by atoms with Gasteiger partial charge in [0.1, 0.15) is 0 Å². The molecule has 0 aromatic heterocycles. The van der Waals surface area contributed by atoms with Crippen LogP contribution in [0.3, 0.4) is 0 Å². The smallest absolute Gasteiger partial charge is 0.0688 e. The van der Waals surface area contributed by atoms with Gasteiger partial charge in [0.2, 0.25) is 0 Å². The molecular weight excluding hydrogens is 179 g/mol. The molecule has 0 bridgehead atoms. The zero-order valence-electron chi connectivity index (χ0n) is 12.1. The van der Waals surface area contributed by atoms with E-state index in [1.807, 2.05) is 0 Å². The van der Waals surface area contributed by atoms with Crippen molar-refractivity contribution in [3.05, 3.63) is 0 Å². The molecule has 0 aliphatic heterocycles. The minimum atomic E-state index is -0.0689. The first kappa shape index (κ1) is 15.1. The second-order valence-corrected chi connectivity index (χ2v) is 8.05. The summed E-state index contributed by atoms with van der Waals surface area (Å²) in [7, 11) is 6.29. The zero-order valence-corrected chi connectivity index (χ0v) is 12.1. The van der Waals surface area contributed by atoms with E-state index in [9.17, 15) is 0 Å². The minimum Gasteiger partial charge on any atom is -0.0688 e. The van der Waals surface area contributed by atoms with E-state index in [-0.39, 0.29) is 5.31 Å². The van der Waals surface area contributed by atoms with Crippen LogP contribution in [0.2, 0.25) is 5.31 Å². The SMILES string of the molecule is [B]C(C)(C)C(CC(C)(C)C)CC(C)(C)C. The van der Waals surface area contributed by atoms with Gasteiger partial charge in [0.25, 0.3) is 0 Å². The summed E-state index contributed by atoms with van der Waals surface area (Å²) >= 11 is 0. The molecule has 0 saturated carbocycles. The molecule has 1 heteroatoms. The Labute approximate surface area is 98.6 Å². The fraction of sp³-hybridized carbons (Fsp3) is 1.00. The molecular formula is C14H29B. The molecule has 0 unspecified atom stereocenters. The molecule has 0 heterocycles. The molecule has 0 amide bonds. The van der Waals surface area contributed by atoms with Crippen LogP contribution in [0, 0.1) is 16.7 Å². The van der Waals surface area contributed by atoms with Gasteiger partial charge in [-0.2, -0.15) is 0 Å². The lowest BCUT2D eigenvalue weighted by Gasteiger charge is -2.39. The van der Waals surface area contributed by atoms with Crippen molar-refractivity contribution in [2.75, 3.05) is 0 Å². The molecule has 2 radical (unpaired) electrons. The Hall–Kier alpha value is 0.0649. The van der Waals surface area contributed by atoms with Crippen molar-refractivity contribution in [2.45, 2.75) is 73.5 Å². The maximum atomic E-state index is 6.29. The van der Waals surface area contributed by atoms with Crippen molar-refractivity contribution in [1.82, 2.24) is 0 Å². The van der Waals surface area contributed by atoms with Crippen molar-refractivity contribution in [2.24, 2.45) is 16.7 Å². The van der Waals surface area contributed by atoms with Gasteiger partial charge in [0, 0.05) is 0 Å². The topological polar surface area (TPSA) is 0 Å². The van der Waals surface area contributed by atoms with Gasteiger partial charge in [0.05, 0.1) is 7.85 Å². The van der Waals surface area contributed by atoms with Gasteiger partial charge in [-0.25, -0.2) is 0 Å². The van der Waals surface area contributed by atoms with Crippen molar-refractivity contribution < 1.29 is 0 Å². The lowest BCUT2D eigenvalue weighted by molar-refractivity contribution is 0.185. The predicted molar refractivity (Wildman–Crippen MR) is 71.4 cm³/mol. The average molecular weight is 208 g/mol. The number of hydrogen-bond acceptors (Lipinski definition) is 0. The lowest BCUT2D eigenvalue weighted by atomic mass is 9.57. The van der Waals surface area contributed by atoms with E-state index in [4.69, 9.17) is 7.85 Å². The molecule has 0 aliphatic rings. The Bertz CT molecular complexity index is 169. The highest BCUT2D eigenvalue weighted by Crippen LogP contribution is 2.44. The summed E-state index contributed by atoms with van der Waals surface area (Å²) in [6.45, 7) is 18.1. The summed E-state index contributed by atoms with van der Waals surface area (Å²) < 4.78 is 0. The van der Waals surface area contributed by atoms with Gasteiger partial charge in [-0.1, -0.05) is 60.7 Å². The molecule has 88 valence electrons. The lowest BCUT2D eigenvalue weighted by Crippen LogP contribution is -2.27. The molecule has 0 atom stereocenters. The maximum Gasteiger partial charge on any atom is 0.0742 e. The maximum absolute atomic E-state index is 6.29. The van der Waals surface area contributed by atoms with E-state index in [0.29, 0.717) is 16.7 Å². The third-order valence-corrected chi connectivity index (χ3v) is 2.77. The summed E-state index contributed by atoms with van der Waals surface area (Å²) in [5.74, 6) is 0.595. The zero-order chi connectivity index (χ0) is 12.5. The Balaban J connectivity index is 4.62. The summed E-state index contributed by atoms with van der Waals surface area (Å²) in [5.41, 5.74) is 0.735. The van der Waals surface area contributed by atoms with Crippen LogP contribution in [0.25, 0.3) is 0 Å². The summed E-state index contributed by atoms with van der Waals surface area (Å²) in [6, 6.07) is 0. The molecule has 0 saturated heterocycles. The first-order chi connectivity index (χ1) is 6.31. The monoisotopic (exact) mass is 208 g/mol. The van der Waals surface area contributed by atoms with Crippen LogP contribution >= 0.6 is 0 Å². The fourth-order valence-corrected chi connectivity index (χ4v) is 2.08. The van der Waals surface area contributed by atoms with E-state index < -0.39 is 0 Å². The Kier molecular flexibility index (Phi) is 4.53. The summed E-state index contributed by atoms with van der Waals surface area (Å²) in [5, 5.41) is -0.0689. The molecule has 0 N–H and O–H groups in total. The van der Waals surface area contributed by atoms with Gasteiger partial charge in [-0.3, -0.25) is 0 Å². The standard InChI is InChI=1S/C14H29B/c1-12(2,3)9-11(14(7,8)15)10-13(4,5)6/h11H,9-10H2,1-8H3. The van der Waals surface area contributed by atoms with Crippen molar-refractivity contribution in [1.29, 1.82) is 0 Å². The van der Waals surface area contributed by atoms with Crippen LogP contribution < -0.4 is 0 Å². The van der Waals surface area contributed by atoms with Gasteiger partial charge >= 0.3 is 0 Å². The first-order valence-corrected chi connectivity index (χ1v) is 6.10. The number of rotatable bonds is 3. The van der Waals surface area contributed by atoms with E-state index in [2.05, 4.69) is 55.4 Å². The number of hydrogen-bond donors (Lipinski definition) is 0. The Morgan fingerprint density at radius 3 is 1.13 bits per heavy atom. The van der Waals surface area contributed by atoms with E-state index in [1.54, 1.807) is 0 Å². The largest absolute Gasteiger partial charge is 0.0742 e. The van der Waals surface area contributed by atoms with E-state index in [1.165, 1.54) is 12.8 Å². The normalized spacial score (nSPS) is 14.7. The Morgan fingerprint density at radius 1 is 0.733 bits per heavy atom. The molecule has 0 rings (SSSR count). The van der Waals surface area contributed by atoms with Crippen molar-refractivity contribution >= 4 is 7.85 Å². The molecule has 15 heavy (non-hydrogen) atoms. The van der Waals surface area contributed by atoms with Crippen molar-refractivity contribution in [3.8, 4) is 0 Å². The molecule has 0 nitrogen and oxygen atoms in total. The average Bonchev–Trinajstić information content (AvgIpc) is 1.75. The van der Waals surface area contributed by atoms with Crippen LogP contribution in [-0.2, 0) is 0 Å². The third-order valence-electron chi connectivity index (χ3n) is 2.77. The summed E-state index contributed by atoms with van der Waals surface area (Å²) in [6.07, 6.45) is 2.40. The highest BCUT2D eigenvalue weighted by atomic mass is 14.3. The highest BCUT2D eigenvalue weighted by Gasteiger charge is 2.31. The van der Waals surface area contributed by atoms with Crippen LogP contribution in [0.15, 0.2) is 0 Å². The predicted octanol–water partition coefficient (Wildman–Crippen LogP) is 4.84. The second-order valence-electron chi connectivity index (χ2n) is 8.05. The molecule has 0 aromatic carbocycles. The van der Waals surface area contributed by atoms with Crippen LogP contribution in [0.4, 0.5) is 0 Å². The molecule has 0 aromatic rings. The van der Waals surface area contributed by atoms with Crippen molar-refractivity contribution in [3.63, 3.8) is 0 Å². The molecule has 0 aliphatic carbocycles. The molecule has 0 spiro atoms. The van der Waals surface area contributed by atoms with Crippen LogP contribution in [0.1, 0.15) is 68.2 Å². The fourth-order valence-electron chi connectivity index (χ4n) is 2.08. The van der Waals surface area contributed by atoms with E-state index >= 15 is 0 Å². The first-order valence-electron chi connectivity index (χ1n) is 6.10. The summed E-state index contributed by atoms with van der Waals surface area (Å²) in [4.78, 5) is 0. The van der Waals surface area contributed by atoms with Gasteiger partial charge < -0.3 is 0 Å². The highest BCUT2D eigenvalue weighted by molar-refractivity contribution is 6.14. The van der Waals surface area contributed by atoms with Gasteiger partial charge in [-0.15, -0.1) is 0 Å². The van der Waals surface area contributed by atoms with Crippen LogP contribution in [0.5, 0.6) is 0 Å².